The Morgan fingerprint density at radius 2 is 1.30 bits per heavy atom. The second-order valence-electron chi connectivity index (χ2n) is 5.81. The fourth-order valence-corrected chi connectivity index (χ4v) is 9.38. The zero-order valence-corrected chi connectivity index (χ0v) is 16.9. The molecule has 0 atom stereocenters. The van der Waals surface area contributed by atoms with Crippen LogP contribution in [-0.4, -0.2) is 48.2 Å². The maximum atomic E-state index is 5.93. The van der Waals surface area contributed by atoms with E-state index in [0.29, 0.717) is 0 Å². The quantitative estimate of drug-likeness (QED) is 0.496. The average Bonchev–Trinajstić information content (AvgIpc) is 2.42. The van der Waals surface area contributed by atoms with Crippen molar-refractivity contribution in [2.45, 2.75) is 71.8 Å². The van der Waals surface area contributed by atoms with Crippen LogP contribution in [0.2, 0.25) is 30.7 Å². The van der Waals surface area contributed by atoms with Gasteiger partial charge in [-0.2, -0.15) is 0 Å². The van der Waals surface area contributed by atoms with Crippen molar-refractivity contribution in [3.05, 3.63) is 0 Å². The molecule has 0 aliphatic heterocycles. The van der Waals surface area contributed by atoms with Crippen LogP contribution in [0.15, 0.2) is 0 Å². The Labute approximate surface area is 129 Å². The first-order valence-electron chi connectivity index (χ1n) is 8.42. The molecule has 0 amide bonds. The highest BCUT2D eigenvalue weighted by molar-refractivity contribution is 6.77. The smallest absolute Gasteiger partial charge is 0.334 e. The summed E-state index contributed by atoms with van der Waals surface area (Å²) in [7, 11) is -0.768. The molecule has 0 rings (SSSR count). The molecule has 0 N–H and O–H groups in total. The Hall–Kier alpha value is 0.314. The molecule has 0 saturated heterocycles. The van der Waals surface area contributed by atoms with Gasteiger partial charge in [-0.05, 0) is 64.6 Å². The zero-order chi connectivity index (χ0) is 15.6. The summed E-state index contributed by atoms with van der Waals surface area (Å²) in [5.74, 6) is 0. The van der Waals surface area contributed by atoms with E-state index in [-0.39, 0.29) is 0 Å². The van der Waals surface area contributed by atoms with Crippen molar-refractivity contribution in [1.82, 2.24) is 4.57 Å². The van der Waals surface area contributed by atoms with Gasteiger partial charge in [0.1, 0.15) is 8.24 Å². The van der Waals surface area contributed by atoms with E-state index in [9.17, 15) is 0 Å². The zero-order valence-electron chi connectivity index (χ0n) is 14.9. The third-order valence-electron chi connectivity index (χ3n) is 4.81. The third kappa shape index (κ3) is 5.97. The van der Waals surface area contributed by atoms with E-state index in [4.69, 9.17) is 8.85 Å². The molecular weight excluding hydrogens is 282 g/mol. The Morgan fingerprint density at radius 1 is 0.850 bits per heavy atom. The lowest BCUT2D eigenvalue weighted by Gasteiger charge is -2.38. The lowest BCUT2D eigenvalue weighted by molar-refractivity contribution is 0.187. The SMILES string of the molecule is CCO[Si](C)(CCCN(C)[Si](CC)(CC)CC)OCC. The highest BCUT2D eigenvalue weighted by Crippen LogP contribution is 2.25. The molecular formula is C15H37NO2Si2. The highest BCUT2D eigenvalue weighted by Gasteiger charge is 2.34. The van der Waals surface area contributed by atoms with Crippen molar-refractivity contribution in [2.75, 3.05) is 26.8 Å². The van der Waals surface area contributed by atoms with Gasteiger partial charge in [0.2, 0.25) is 0 Å². The first-order chi connectivity index (χ1) is 9.43. The van der Waals surface area contributed by atoms with E-state index in [1.54, 1.807) is 0 Å². The van der Waals surface area contributed by atoms with E-state index in [1.807, 2.05) is 0 Å². The van der Waals surface area contributed by atoms with Gasteiger partial charge in [-0.3, -0.25) is 0 Å². The van der Waals surface area contributed by atoms with E-state index in [1.165, 1.54) is 31.1 Å². The summed E-state index contributed by atoms with van der Waals surface area (Å²) >= 11 is 0. The maximum Gasteiger partial charge on any atom is 0.334 e. The van der Waals surface area contributed by atoms with Gasteiger partial charge in [-0.1, -0.05) is 20.8 Å². The fraction of sp³-hybridized carbons (Fsp3) is 1.00. The molecule has 0 aliphatic rings. The molecule has 0 saturated carbocycles. The summed E-state index contributed by atoms with van der Waals surface area (Å²) in [6.07, 6.45) is 1.20. The minimum absolute atomic E-state index is 0.774. The van der Waals surface area contributed by atoms with Crippen molar-refractivity contribution in [1.29, 1.82) is 0 Å². The maximum absolute atomic E-state index is 5.93. The summed E-state index contributed by atoms with van der Waals surface area (Å²) in [4.78, 5) is 0. The van der Waals surface area contributed by atoms with Crippen molar-refractivity contribution >= 4 is 16.8 Å². The van der Waals surface area contributed by atoms with E-state index < -0.39 is 16.8 Å². The van der Waals surface area contributed by atoms with Crippen molar-refractivity contribution in [3.8, 4) is 0 Å². The molecule has 0 fully saturated rings. The fourth-order valence-electron chi connectivity index (χ4n) is 3.23. The minimum atomic E-state index is -1.92. The first-order valence-corrected chi connectivity index (χ1v) is 13.5. The Kier molecular flexibility index (Phi) is 10.3. The van der Waals surface area contributed by atoms with Gasteiger partial charge in [0, 0.05) is 13.2 Å². The number of hydrogen-bond acceptors (Lipinski definition) is 3. The van der Waals surface area contributed by atoms with Gasteiger partial charge >= 0.3 is 8.56 Å². The second-order valence-corrected chi connectivity index (χ2v) is 14.5. The molecule has 3 nitrogen and oxygen atoms in total. The topological polar surface area (TPSA) is 21.7 Å². The summed E-state index contributed by atoms with van der Waals surface area (Å²) in [6.45, 7) is 16.2. The van der Waals surface area contributed by atoms with Crippen LogP contribution in [0.1, 0.15) is 41.0 Å². The Morgan fingerprint density at radius 3 is 1.65 bits per heavy atom. The van der Waals surface area contributed by atoms with Crippen LogP contribution >= 0.6 is 0 Å². The summed E-state index contributed by atoms with van der Waals surface area (Å²) in [5.41, 5.74) is 0. The number of hydrogen-bond donors (Lipinski definition) is 0. The number of rotatable bonds is 12. The molecule has 0 unspecified atom stereocenters. The lowest BCUT2D eigenvalue weighted by Crippen LogP contribution is -2.50. The molecule has 0 heterocycles. The highest BCUT2D eigenvalue weighted by atomic mass is 28.4. The molecule has 122 valence electrons. The van der Waals surface area contributed by atoms with E-state index >= 15 is 0 Å². The summed E-state index contributed by atoms with van der Waals surface area (Å²) in [6, 6.07) is 5.20. The third-order valence-corrected chi connectivity index (χ3v) is 13.7. The monoisotopic (exact) mass is 319 g/mol. The second kappa shape index (κ2) is 10.1. The van der Waals surface area contributed by atoms with Crippen LogP contribution in [0.25, 0.3) is 0 Å². The summed E-state index contributed by atoms with van der Waals surface area (Å²) < 4.78 is 14.5. The van der Waals surface area contributed by atoms with Gasteiger partial charge in [-0.15, -0.1) is 0 Å². The minimum Gasteiger partial charge on any atom is -0.395 e. The molecule has 0 aromatic heterocycles. The van der Waals surface area contributed by atoms with Gasteiger partial charge in [0.05, 0.1) is 0 Å². The molecule has 0 bridgehead atoms. The summed E-state index contributed by atoms with van der Waals surface area (Å²) in [5, 5.41) is 0. The van der Waals surface area contributed by atoms with Gasteiger partial charge in [0.15, 0.2) is 0 Å². The van der Waals surface area contributed by atoms with E-state index in [0.717, 1.165) is 19.3 Å². The average molecular weight is 320 g/mol. The van der Waals surface area contributed by atoms with Crippen molar-refractivity contribution in [2.24, 2.45) is 0 Å². The van der Waals surface area contributed by atoms with Crippen LogP contribution < -0.4 is 0 Å². The van der Waals surface area contributed by atoms with Crippen LogP contribution in [-0.2, 0) is 8.85 Å². The first kappa shape index (κ1) is 20.3. The van der Waals surface area contributed by atoms with Crippen LogP contribution in [0.3, 0.4) is 0 Å². The molecule has 0 spiro atoms. The molecule has 0 radical (unpaired) electrons. The largest absolute Gasteiger partial charge is 0.395 e. The molecule has 0 aliphatic carbocycles. The van der Waals surface area contributed by atoms with E-state index in [2.05, 4.69) is 52.8 Å². The Balaban J connectivity index is 4.39. The normalized spacial score (nSPS) is 13.2. The van der Waals surface area contributed by atoms with Crippen LogP contribution in [0.4, 0.5) is 0 Å². The van der Waals surface area contributed by atoms with Crippen LogP contribution in [0, 0.1) is 0 Å². The van der Waals surface area contributed by atoms with Crippen molar-refractivity contribution < 1.29 is 8.85 Å². The standard InChI is InChI=1S/C15H37NO2Si2/c1-8-17-19(7,18-9-2)15-13-14-16(6)20(10-3,11-4)12-5/h8-15H2,1-7H3. The molecule has 5 heteroatoms. The Bertz CT molecular complexity index is 234. The molecule has 0 aromatic carbocycles. The molecule has 20 heavy (non-hydrogen) atoms. The van der Waals surface area contributed by atoms with Crippen molar-refractivity contribution in [3.63, 3.8) is 0 Å². The molecule has 0 aromatic rings. The van der Waals surface area contributed by atoms with Gasteiger partial charge in [-0.25, -0.2) is 0 Å². The van der Waals surface area contributed by atoms with Gasteiger partial charge in [0.25, 0.3) is 0 Å². The number of nitrogens with zero attached hydrogens (tertiary/aromatic N) is 1. The van der Waals surface area contributed by atoms with Gasteiger partial charge < -0.3 is 13.4 Å². The van der Waals surface area contributed by atoms with Crippen LogP contribution in [0.5, 0.6) is 0 Å². The lowest BCUT2D eigenvalue weighted by atomic mass is 10.5. The predicted octanol–water partition coefficient (Wildman–Crippen LogP) is 4.46. The predicted molar refractivity (Wildman–Crippen MR) is 94.1 cm³/mol.